The quantitative estimate of drug-likeness (QED) is 0.765. The molecular weight excluding hydrogens is 198 g/mol. The molecule has 0 aliphatic rings. The van der Waals surface area contributed by atoms with Crippen molar-refractivity contribution in [3.8, 4) is 0 Å². The number of hydrogen-bond acceptors (Lipinski definition) is 5. The highest BCUT2D eigenvalue weighted by Gasteiger charge is 2.05. The van der Waals surface area contributed by atoms with Crippen molar-refractivity contribution in [3.05, 3.63) is 17.5 Å². The van der Waals surface area contributed by atoms with Crippen molar-refractivity contribution < 1.29 is 4.52 Å². The molecule has 0 radical (unpaired) electrons. The Hall–Kier alpha value is -0.520. The molecule has 0 aliphatic heterocycles. The third-order valence-electron chi connectivity index (χ3n) is 1.92. The van der Waals surface area contributed by atoms with Crippen LogP contribution in [0, 0.1) is 0 Å². The molecule has 0 bridgehead atoms. The average Bonchev–Trinajstić information content (AvgIpc) is 2.62. The van der Waals surface area contributed by atoms with E-state index in [1.54, 1.807) is 0 Å². The fourth-order valence-corrected chi connectivity index (χ4v) is 1.61. The smallest absolute Gasteiger partial charge is 0.151 e. The zero-order valence-corrected chi connectivity index (χ0v) is 9.51. The summed E-state index contributed by atoms with van der Waals surface area (Å²) in [5.41, 5.74) is 6.25. The molecule has 0 spiro atoms. The zero-order chi connectivity index (χ0) is 10.4. The highest BCUT2D eigenvalue weighted by Crippen LogP contribution is 2.06. The van der Waals surface area contributed by atoms with Gasteiger partial charge in [-0.15, -0.1) is 0 Å². The monoisotopic (exact) mass is 215 g/mol. The van der Waals surface area contributed by atoms with Crippen LogP contribution in [0.15, 0.2) is 10.6 Å². The molecule has 0 fully saturated rings. The van der Waals surface area contributed by atoms with E-state index in [-0.39, 0.29) is 0 Å². The van der Waals surface area contributed by atoms with Crippen LogP contribution in [-0.2, 0) is 13.1 Å². The van der Waals surface area contributed by atoms with Gasteiger partial charge in [-0.3, -0.25) is 4.90 Å². The summed E-state index contributed by atoms with van der Waals surface area (Å²) in [6, 6.07) is 1.91. The molecule has 1 aromatic rings. The molecule has 0 saturated carbocycles. The van der Waals surface area contributed by atoms with E-state index in [2.05, 4.69) is 23.4 Å². The second-order valence-electron chi connectivity index (χ2n) is 3.22. The van der Waals surface area contributed by atoms with Gasteiger partial charge in [-0.05, 0) is 13.3 Å². The number of nitrogens with zero attached hydrogens (tertiary/aromatic N) is 2. The maximum Gasteiger partial charge on any atom is 0.151 e. The summed E-state index contributed by atoms with van der Waals surface area (Å²) in [5, 5.41) is 3.84. The first-order valence-electron chi connectivity index (χ1n) is 4.58. The number of rotatable bonds is 6. The topological polar surface area (TPSA) is 55.3 Å². The second-order valence-corrected chi connectivity index (χ2v) is 4.20. The van der Waals surface area contributed by atoms with Gasteiger partial charge in [-0.25, -0.2) is 0 Å². The lowest BCUT2D eigenvalue weighted by molar-refractivity contribution is 0.283. The standard InChI is InChI=1S/C9H17N3OS/c1-12(3-4-14-2)7-9-5-8(6-10)11-13-9/h5H,3-4,6-7,10H2,1-2H3. The van der Waals surface area contributed by atoms with E-state index < -0.39 is 0 Å². The Bertz CT molecular complexity index is 264. The van der Waals surface area contributed by atoms with Crippen LogP contribution in [0.25, 0.3) is 0 Å². The van der Waals surface area contributed by atoms with E-state index in [1.807, 2.05) is 17.8 Å². The molecule has 1 heterocycles. The minimum absolute atomic E-state index is 0.442. The van der Waals surface area contributed by atoms with Crippen LogP contribution in [0.2, 0.25) is 0 Å². The number of hydrogen-bond donors (Lipinski definition) is 1. The van der Waals surface area contributed by atoms with Crippen LogP contribution < -0.4 is 5.73 Å². The largest absolute Gasteiger partial charge is 0.360 e. The van der Waals surface area contributed by atoms with Gasteiger partial charge < -0.3 is 10.3 Å². The summed E-state index contributed by atoms with van der Waals surface area (Å²) in [6.07, 6.45) is 2.11. The van der Waals surface area contributed by atoms with Crippen LogP contribution >= 0.6 is 11.8 Å². The van der Waals surface area contributed by atoms with Crippen LogP contribution in [-0.4, -0.2) is 35.7 Å². The Labute approximate surface area is 88.8 Å². The molecule has 80 valence electrons. The van der Waals surface area contributed by atoms with Crippen LogP contribution in [0.5, 0.6) is 0 Å². The molecule has 0 saturated heterocycles. The van der Waals surface area contributed by atoms with Crippen molar-refractivity contribution in [1.82, 2.24) is 10.1 Å². The van der Waals surface area contributed by atoms with Crippen LogP contribution in [0.1, 0.15) is 11.5 Å². The van der Waals surface area contributed by atoms with Gasteiger partial charge in [0, 0.05) is 24.9 Å². The van der Waals surface area contributed by atoms with Gasteiger partial charge in [0.1, 0.15) is 0 Å². The van der Waals surface area contributed by atoms with E-state index >= 15 is 0 Å². The molecule has 0 aromatic carbocycles. The summed E-state index contributed by atoms with van der Waals surface area (Å²) in [7, 11) is 2.07. The fraction of sp³-hybridized carbons (Fsp3) is 0.667. The minimum atomic E-state index is 0.442. The molecular formula is C9H17N3OS. The highest BCUT2D eigenvalue weighted by atomic mass is 32.2. The maximum absolute atomic E-state index is 5.43. The molecule has 0 atom stereocenters. The minimum Gasteiger partial charge on any atom is -0.360 e. The Morgan fingerprint density at radius 1 is 1.64 bits per heavy atom. The van der Waals surface area contributed by atoms with Crippen molar-refractivity contribution in [2.24, 2.45) is 5.73 Å². The number of nitrogens with two attached hydrogens (primary N) is 1. The molecule has 0 aliphatic carbocycles. The van der Waals surface area contributed by atoms with E-state index in [9.17, 15) is 0 Å². The molecule has 0 unspecified atom stereocenters. The SMILES string of the molecule is CSCCN(C)Cc1cc(CN)no1. The molecule has 1 rings (SSSR count). The average molecular weight is 215 g/mol. The fourth-order valence-electron chi connectivity index (χ4n) is 1.12. The Balaban J connectivity index is 2.35. The van der Waals surface area contributed by atoms with E-state index in [1.165, 1.54) is 0 Å². The maximum atomic E-state index is 5.43. The number of aromatic nitrogens is 1. The van der Waals surface area contributed by atoms with Crippen molar-refractivity contribution in [2.75, 3.05) is 25.6 Å². The first-order valence-corrected chi connectivity index (χ1v) is 5.97. The third-order valence-corrected chi connectivity index (χ3v) is 2.51. The lowest BCUT2D eigenvalue weighted by atomic mass is 10.3. The Morgan fingerprint density at radius 3 is 3.00 bits per heavy atom. The van der Waals surface area contributed by atoms with Gasteiger partial charge in [0.2, 0.25) is 0 Å². The van der Waals surface area contributed by atoms with Gasteiger partial charge in [-0.2, -0.15) is 11.8 Å². The Morgan fingerprint density at radius 2 is 2.43 bits per heavy atom. The zero-order valence-electron chi connectivity index (χ0n) is 8.69. The second kappa shape index (κ2) is 6.06. The van der Waals surface area contributed by atoms with Crippen molar-refractivity contribution in [1.29, 1.82) is 0 Å². The van der Waals surface area contributed by atoms with Crippen LogP contribution in [0.4, 0.5) is 0 Å². The lowest BCUT2D eigenvalue weighted by Gasteiger charge is -2.12. The summed E-state index contributed by atoms with van der Waals surface area (Å²) in [6.45, 7) is 2.30. The van der Waals surface area contributed by atoms with Gasteiger partial charge in [0.25, 0.3) is 0 Å². The van der Waals surface area contributed by atoms with Gasteiger partial charge in [0.05, 0.1) is 12.2 Å². The third kappa shape index (κ3) is 3.69. The van der Waals surface area contributed by atoms with Gasteiger partial charge >= 0.3 is 0 Å². The summed E-state index contributed by atoms with van der Waals surface area (Å²) >= 11 is 1.84. The van der Waals surface area contributed by atoms with Gasteiger partial charge in [0.15, 0.2) is 5.76 Å². The molecule has 0 amide bonds. The van der Waals surface area contributed by atoms with Gasteiger partial charge in [-0.1, -0.05) is 5.16 Å². The summed E-state index contributed by atoms with van der Waals surface area (Å²) in [5.74, 6) is 2.02. The highest BCUT2D eigenvalue weighted by molar-refractivity contribution is 7.98. The van der Waals surface area contributed by atoms with Crippen molar-refractivity contribution in [3.63, 3.8) is 0 Å². The van der Waals surface area contributed by atoms with E-state index in [0.29, 0.717) is 6.54 Å². The number of thioether (sulfide) groups is 1. The first-order chi connectivity index (χ1) is 6.76. The van der Waals surface area contributed by atoms with Crippen LogP contribution in [0.3, 0.4) is 0 Å². The summed E-state index contributed by atoms with van der Waals surface area (Å²) in [4.78, 5) is 2.21. The lowest BCUT2D eigenvalue weighted by Crippen LogP contribution is -2.20. The van der Waals surface area contributed by atoms with Crippen molar-refractivity contribution in [2.45, 2.75) is 13.1 Å². The Kier molecular flexibility index (Phi) is 5.00. The molecule has 1 aromatic heterocycles. The summed E-state index contributed by atoms with van der Waals surface area (Å²) < 4.78 is 5.13. The van der Waals surface area contributed by atoms with Crippen molar-refractivity contribution >= 4 is 11.8 Å². The predicted octanol–water partition coefficient (Wildman–Crippen LogP) is 0.928. The van der Waals surface area contributed by atoms with E-state index in [4.69, 9.17) is 10.3 Å². The normalized spacial score (nSPS) is 11.1. The molecule has 5 heteroatoms. The molecule has 2 N–H and O–H groups in total. The van der Waals surface area contributed by atoms with E-state index in [0.717, 1.165) is 30.3 Å². The predicted molar refractivity (Wildman–Crippen MR) is 59.1 cm³/mol. The first kappa shape index (κ1) is 11.6. The molecule has 14 heavy (non-hydrogen) atoms. The molecule has 4 nitrogen and oxygen atoms in total.